The molecule has 6 rings (SSSR count). The minimum Gasteiger partial charge on any atom is -0.335 e. The Kier molecular flexibility index (Phi) is 3.56. The predicted molar refractivity (Wildman–Crippen MR) is 100 cm³/mol. The summed E-state index contributed by atoms with van der Waals surface area (Å²) in [5, 5.41) is 4.41. The molecular weight excluding hydrogens is 341 g/mol. The second kappa shape index (κ2) is 5.66. The van der Waals surface area contributed by atoms with Crippen molar-refractivity contribution in [3.63, 3.8) is 0 Å². The normalized spacial score (nSPS) is 34.3. The van der Waals surface area contributed by atoms with Crippen LogP contribution in [-0.4, -0.2) is 27.1 Å². The molecule has 2 bridgehead atoms. The summed E-state index contributed by atoms with van der Waals surface area (Å²) in [4.78, 5) is 15.5. The van der Waals surface area contributed by atoms with Crippen molar-refractivity contribution in [2.24, 2.45) is 16.7 Å². The number of benzene rings is 1. The van der Waals surface area contributed by atoms with Gasteiger partial charge in [0.25, 0.3) is 0 Å². The van der Waals surface area contributed by atoms with E-state index in [0.717, 1.165) is 44.3 Å². The van der Waals surface area contributed by atoms with Crippen LogP contribution < -0.4 is 0 Å². The number of nitrogens with zero attached hydrogens (tertiary/aromatic N) is 3. The zero-order valence-corrected chi connectivity index (χ0v) is 16.0. The highest BCUT2D eigenvalue weighted by atomic mass is 19.1. The van der Waals surface area contributed by atoms with Crippen LogP contribution in [0.1, 0.15) is 49.8 Å². The van der Waals surface area contributed by atoms with Crippen molar-refractivity contribution >= 4 is 5.91 Å². The van der Waals surface area contributed by atoms with Crippen molar-refractivity contribution in [1.82, 2.24) is 14.7 Å². The Morgan fingerprint density at radius 3 is 2.78 bits per heavy atom. The van der Waals surface area contributed by atoms with Gasteiger partial charge in [-0.3, -0.25) is 9.48 Å². The number of likely N-dealkylation sites (tertiary alicyclic amines) is 1. The van der Waals surface area contributed by atoms with Gasteiger partial charge >= 0.3 is 0 Å². The smallest absolute Gasteiger partial charge is 0.229 e. The zero-order chi connectivity index (χ0) is 18.8. The molecule has 4 nitrogen and oxygen atoms in total. The first-order chi connectivity index (χ1) is 12.9. The van der Waals surface area contributed by atoms with E-state index in [1.54, 1.807) is 12.1 Å². The summed E-state index contributed by atoms with van der Waals surface area (Å²) in [7, 11) is 0. The van der Waals surface area contributed by atoms with Crippen LogP contribution in [0.5, 0.6) is 0 Å². The molecule has 142 valence electrons. The lowest BCUT2D eigenvalue weighted by molar-refractivity contribution is -0.223. The molecule has 0 radical (unpaired) electrons. The quantitative estimate of drug-likeness (QED) is 0.816. The molecule has 1 amide bonds. The van der Waals surface area contributed by atoms with Gasteiger partial charge in [-0.05, 0) is 67.2 Å². The maximum Gasteiger partial charge on any atom is 0.229 e. The molecule has 27 heavy (non-hydrogen) atoms. The minimum absolute atomic E-state index is 0.0157. The fourth-order valence-corrected chi connectivity index (χ4v) is 5.89. The number of rotatable bonds is 4. The fraction of sp³-hybridized carbons (Fsp3) is 0.545. The molecule has 2 atom stereocenters. The fourth-order valence-electron chi connectivity index (χ4n) is 5.89. The maximum atomic E-state index is 13.7. The largest absolute Gasteiger partial charge is 0.335 e. The van der Waals surface area contributed by atoms with Gasteiger partial charge in [0, 0.05) is 19.3 Å². The molecule has 4 aliphatic rings. The highest BCUT2D eigenvalue weighted by molar-refractivity contribution is 5.87. The molecular formula is C22H26FN3O. The molecule has 2 unspecified atom stereocenters. The van der Waals surface area contributed by atoms with Crippen molar-refractivity contribution in [3.05, 3.63) is 53.6 Å². The first-order valence-electron chi connectivity index (χ1n) is 9.94. The van der Waals surface area contributed by atoms with E-state index in [0.29, 0.717) is 11.8 Å². The van der Waals surface area contributed by atoms with Gasteiger partial charge in [-0.1, -0.05) is 19.1 Å². The van der Waals surface area contributed by atoms with Crippen LogP contribution in [-0.2, 0) is 11.3 Å². The number of hydrogen-bond acceptors (Lipinski definition) is 2. The monoisotopic (exact) mass is 367 g/mol. The average molecular weight is 367 g/mol. The van der Waals surface area contributed by atoms with E-state index in [1.807, 2.05) is 21.8 Å². The van der Waals surface area contributed by atoms with Crippen LogP contribution in [0.25, 0.3) is 0 Å². The van der Waals surface area contributed by atoms with E-state index >= 15 is 0 Å². The molecule has 3 saturated carbocycles. The van der Waals surface area contributed by atoms with Crippen LogP contribution in [0.2, 0.25) is 0 Å². The average Bonchev–Trinajstić information content (AvgIpc) is 3.14. The van der Waals surface area contributed by atoms with E-state index in [2.05, 4.69) is 25.1 Å². The molecule has 5 heteroatoms. The topological polar surface area (TPSA) is 38.1 Å². The van der Waals surface area contributed by atoms with Crippen molar-refractivity contribution < 1.29 is 9.18 Å². The molecule has 2 aromatic rings. The van der Waals surface area contributed by atoms with Gasteiger partial charge in [-0.25, -0.2) is 4.39 Å². The van der Waals surface area contributed by atoms with Crippen LogP contribution in [0, 0.1) is 29.5 Å². The molecule has 4 fully saturated rings. The summed E-state index contributed by atoms with van der Waals surface area (Å²) in [6.45, 7) is 5.94. The number of amides is 1. The number of carbonyl (C=O) groups is 1. The van der Waals surface area contributed by atoms with Gasteiger partial charge in [0.05, 0.1) is 17.7 Å². The van der Waals surface area contributed by atoms with E-state index in [1.165, 1.54) is 11.6 Å². The SMILES string of the molecule is Cc1cnn(CC23CC(C(=O)N4CC(C)CC4c4cccc(F)c4)(C2)C3)c1. The maximum absolute atomic E-state index is 13.7. The lowest BCUT2D eigenvalue weighted by Gasteiger charge is -2.70. The molecule has 3 aliphatic carbocycles. The van der Waals surface area contributed by atoms with E-state index < -0.39 is 0 Å². The molecule has 2 heterocycles. The Labute approximate surface area is 159 Å². The van der Waals surface area contributed by atoms with E-state index in [-0.39, 0.29) is 22.7 Å². The Bertz CT molecular complexity index is 885. The van der Waals surface area contributed by atoms with Crippen molar-refractivity contribution in [3.8, 4) is 0 Å². The summed E-state index contributed by atoms with van der Waals surface area (Å²) >= 11 is 0. The molecule has 1 aromatic carbocycles. The van der Waals surface area contributed by atoms with Gasteiger partial charge < -0.3 is 4.90 Å². The summed E-state index contributed by atoms with van der Waals surface area (Å²) < 4.78 is 15.7. The number of aromatic nitrogens is 2. The predicted octanol–water partition coefficient (Wildman–Crippen LogP) is 4.11. The third-order valence-corrected chi connectivity index (χ3v) is 6.86. The molecule has 0 spiro atoms. The summed E-state index contributed by atoms with van der Waals surface area (Å²) in [6.07, 6.45) is 7.80. The van der Waals surface area contributed by atoms with Crippen LogP contribution >= 0.6 is 0 Å². The van der Waals surface area contributed by atoms with Crippen molar-refractivity contribution in [2.45, 2.75) is 52.1 Å². The molecule has 1 saturated heterocycles. The number of hydrogen-bond donors (Lipinski definition) is 0. The summed E-state index contributed by atoms with van der Waals surface area (Å²) in [5.41, 5.74) is 2.20. The standard InChI is InChI=1S/C22H26FN3O/c1-15-6-19(17-4-3-5-18(23)7-17)26(10-15)20(27)22-11-21(12-22,13-22)14-25-9-16(2)8-24-25/h3-5,7-9,15,19H,6,10-14H2,1-2H3. The van der Waals surface area contributed by atoms with Gasteiger partial charge in [0.2, 0.25) is 5.91 Å². The zero-order valence-electron chi connectivity index (χ0n) is 16.0. The van der Waals surface area contributed by atoms with E-state index in [4.69, 9.17) is 0 Å². The number of halogens is 1. The molecule has 1 aromatic heterocycles. The Morgan fingerprint density at radius 1 is 1.33 bits per heavy atom. The number of carbonyl (C=O) groups excluding carboxylic acids is 1. The third-order valence-electron chi connectivity index (χ3n) is 6.86. The first kappa shape index (κ1) is 17.0. The minimum atomic E-state index is -0.224. The van der Waals surface area contributed by atoms with Gasteiger partial charge in [0.1, 0.15) is 5.82 Å². The Balaban J connectivity index is 1.30. The summed E-state index contributed by atoms with van der Waals surface area (Å²) in [6, 6.07) is 6.78. The van der Waals surface area contributed by atoms with Crippen molar-refractivity contribution in [2.75, 3.05) is 6.54 Å². The third kappa shape index (κ3) is 2.62. The molecule has 1 aliphatic heterocycles. The first-order valence-corrected chi connectivity index (χ1v) is 9.94. The highest BCUT2D eigenvalue weighted by Gasteiger charge is 2.72. The summed E-state index contributed by atoms with van der Waals surface area (Å²) in [5.74, 6) is 0.522. The van der Waals surface area contributed by atoms with Crippen molar-refractivity contribution in [1.29, 1.82) is 0 Å². The Hall–Kier alpha value is -2.17. The van der Waals surface area contributed by atoms with E-state index in [9.17, 15) is 9.18 Å². The second-order valence-electron chi connectivity index (χ2n) is 9.40. The van der Waals surface area contributed by atoms with Gasteiger partial charge in [0.15, 0.2) is 0 Å². The van der Waals surface area contributed by atoms with Crippen LogP contribution in [0.15, 0.2) is 36.7 Å². The van der Waals surface area contributed by atoms with Gasteiger partial charge in [-0.2, -0.15) is 5.10 Å². The van der Waals surface area contributed by atoms with Crippen LogP contribution in [0.4, 0.5) is 4.39 Å². The van der Waals surface area contributed by atoms with Gasteiger partial charge in [-0.15, -0.1) is 0 Å². The lowest BCUT2D eigenvalue weighted by Crippen LogP contribution is -2.69. The lowest BCUT2D eigenvalue weighted by atomic mass is 9.34. The molecule has 0 N–H and O–H groups in total. The highest BCUT2D eigenvalue weighted by Crippen LogP contribution is 2.74. The Morgan fingerprint density at radius 2 is 2.11 bits per heavy atom. The van der Waals surface area contributed by atoms with Crippen LogP contribution in [0.3, 0.4) is 0 Å². The second-order valence-corrected chi connectivity index (χ2v) is 9.40. The number of aryl methyl sites for hydroxylation is 1.